The average molecular weight is 252 g/mol. The maximum absolute atomic E-state index is 11.8. The molecule has 0 saturated heterocycles. The number of nitrogens with zero attached hydrogens (tertiary/aromatic N) is 1. The minimum Gasteiger partial charge on any atom is -0.395 e. The standard InChI is InChI=1S/C12H16N2O2S/c13-11(17)8-12(16)14(6-7-15)9-10-4-2-1-3-5-10/h1-5,15H,6-9H2,(H2,13,17). The highest BCUT2D eigenvalue weighted by Crippen LogP contribution is 2.05. The fourth-order valence-corrected chi connectivity index (χ4v) is 1.60. The molecule has 0 saturated carbocycles. The van der Waals surface area contributed by atoms with Gasteiger partial charge in [-0.1, -0.05) is 42.5 Å². The molecule has 0 heterocycles. The minimum atomic E-state index is -0.157. The number of amides is 1. The van der Waals surface area contributed by atoms with Crippen molar-refractivity contribution in [3.05, 3.63) is 35.9 Å². The molecule has 1 amide bonds. The van der Waals surface area contributed by atoms with Gasteiger partial charge in [-0.05, 0) is 5.56 Å². The van der Waals surface area contributed by atoms with Gasteiger partial charge in [0, 0.05) is 13.1 Å². The Bertz CT molecular complexity index is 381. The lowest BCUT2D eigenvalue weighted by molar-refractivity contribution is -0.131. The predicted octanol–water partition coefficient (Wildman–Crippen LogP) is 0.684. The van der Waals surface area contributed by atoms with Crippen LogP contribution in [0.2, 0.25) is 0 Å². The first-order valence-electron chi connectivity index (χ1n) is 5.34. The van der Waals surface area contributed by atoms with E-state index in [9.17, 15) is 4.79 Å². The summed E-state index contributed by atoms with van der Waals surface area (Å²) < 4.78 is 0. The Morgan fingerprint density at radius 3 is 2.53 bits per heavy atom. The topological polar surface area (TPSA) is 66.6 Å². The average Bonchev–Trinajstić information content (AvgIpc) is 2.29. The van der Waals surface area contributed by atoms with Crippen LogP contribution in [-0.2, 0) is 11.3 Å². The van der Waals surface area contributed by atoms with Gasteiger partial charge >= 0.3 is 0 Å². The monoisotopic (exact) mass is 252 g/mol. The van der Waals surface area contributed by atoms with Crippen LogP contribution in [0.5, 0.6) is 0 Å². The summed E-state index contributed by atoms with van der Waals surface area (Å²) in [5, 5.41) is 8.94. The summed E-state index contributed by atoms with van der Waals surface area (Å²) in [5.74, 6) is -0.157. The summed E-state index contributed by atoms with van der Waals surface area (Å²) >= 11 is 4.71. The van der Waals surface area contributed by atoms with Gasteiger partial charge in [0.25, 0.3) is 0 Å². The molecule has 1 aromatic rings. The molecule has 0 aromatic heterocycles. The number of hydrogen-bond acceptors (Lipinski definition) is 3. The lowest BCUT2D eigenvalue weighted by atomic mass is 10.2. The van der Waals surface area contributed by atoms with E-state index in [4.69, 9.17) is 23.1 Å². The molecule has 4 nitrogen and oxygen atoms in total. The summed E-state index contributed by atoms with van der Waals surface area (Å²) in [5.41, 5.74) is 6.35. The minimum absolute atomic E-state index is 0.0438. The molecule has 0 spiro atoms. The van der Waals surface area contributed by atoms with Gasteiger partial charge in [-0.2, -0.15) is 0 Å². The van der Waals surface area contributed by atoms with Gasteiger partial charge in [0.05, 0.1) is 18.0 Å². The normalized spacial score (nSPS) is 9.94. The van der Waals surface area contributed by atoms with Crippen molar-refractivity contribution in [3.8, 4) is 0 Å². The zero-order chi connectivity index (χ0) is 12.7. The number of aliphatic hydroxyl groups excluding tert-OH is 1. The van der Waals surface area contributed by atoms with Crippen molar-refractivity contribution in [3.63, 3.8) is 0 Å². The van der Waals surface area contributed by atoms with Gasteiger partial charge in [0.1, 0.15) is 0 Å². The summed E-state index contributed by atoms with van der Waals surface area (Å²) in [6, 6.07) is 9.59. The number of hydrogen-bond donors (Lipinski definition) is 2. The van der Waals surface area contributed by atoms with E-state index >= 15 is 0 Å². The Kier molecular flexibility index (Phi) is 5.59. The van der Waals surface area contributed by atoms with Crippen LogP contribution < -0.4 is 5.73 Å². The Morgan fingerprint density at radius 1 is 1.35 bits per heavy atom. The number of carbonyl (C=O) groups is 1. The van der Waals surface area contributed by atoms with Crippen LogP contribution in [-0.4, -0.2) is 34.1 Å². The highest BCUT2D eigenvalue weighted by atomic mass is 32.1. The highest BCUT2D eigenvalue weighted by molar-refractivity contribution is 7.80. The zero-order valence-electron chi connectivity index (χ0n) is 9.50. The van der Waals surface area contributed by atoms with Gasteiger partial charge in [-0.3, -0.25) is 4.79 Å². The number of carbonyl (C=O) groups excluding carboxylic acids is 1. The van der Waals surface area contributed by atoms with Crippen molar-refractivity contribution in [1.29, 1.82) is 0 Å². The van der Waals surface area contributed by atoms with E-state index in [0.29, 0.717) is 6.54 Å². The lowest BCUT2D eigenvalue weighted by Crippen LogP contribution is -2.35. The van der Waals surface area contributed by atoms with Gasteiger partial charge in [0.15, 0.2) is 0 Å². The molecule has 1 rings (SSSR count). The molecule has 0 aliphatic heterocycles. The van der Waals surface area contributed by atoms with Gasteiger partial charge in [0.2, 0.25) is 5.91 Å². The predicted molar refractivity (Wildman–Crippen MR) is 70.3 cm³/mol. The van der Waals surface area contributed by atoms with Gasteiger partial charge in [-0.15, -0.1) is 0 Å². The molecule has 0 bridgehead atoms. The largest absolute Gasteiger partial charge is 0.395 e. The number of benzene rings is 1. The molecule has 17 heavy (non-hydrogen) atoms. The molecule has 1 aromatic carbocycles. The van der Waals surface area contributed by atoms with Crippen LogP contribution >= 0.6 is 12.2 Å². The molecular weight excluding hydrogens is 236 g/mol. The molecule has 0 atom stereocenters. The Morgan fingerprint density at radius 2 is 2.00 bits per heavy atom. The second-order valence-corrected chi connectivity index (χ2v) is 4.19. The summed E-state index contributed by atoms with van der Waals surface area (Å²) in [6.45, 7) is 0.676. The number of nitrogens with two attached hydrogens (primary N) is 1. The van der Waals surface area contributed by atoms with Crippen molar-refractivity contribution in [2.24, 2.45) is 5.73 Å². The van der Waals surface area contributed by atoms with Gasteiger partial charge < -0.3 is 15.7 Å². The third-order valence-corrected chi connectivity index (χ3v) is 2.41. The third kappa shape index (κ3) is 4.93. The fraction of sp³-hybridized carbons (Fsp3) is 0.333. The van der Waals surface area contributed by atoms with Crippen LogP contribution in [0.25, 0.3) is 0 Å². The summed E-state index contributed by atoms with van der Waals surface area (Å²) in [4.78, 5) is 13.5. The van der Waals surface area contributed by atoms with E-state index in [1.807, 2.05) is 30.3 Å². The number of thiocarbonyl (C=S) groups is 1. The van der Waals surface area contributed by atoms with Crippen LogP contribution in [0.4, 0.5) is 0 Å². The molecule has 0 aliphatic carbocycles. The SMILES string of the molecule is NC(=S)CC(=O)N(CCO)Cc1ccccc1. The molecule has 0 unspecified atom stereocenters. The zero-order valence-corrected chi connectivity index (χ0v) is 10.3. The first-order chi connectivity index (χ1) is 8.13. The van der Waals surface area contributed by atoms with Crippen LogP contribution in [0, 0.1) is 0 Å². The van der Waals surface area contributed by atoms with Crippen molar-refractivity contribution in [2.75, 3.05) is 13.2 Å². The molecule has 5 heteroatoms. The van der Waals surface area contributed by atoms with Crippen LogP contribution in [0.1, 0.15) is 12.0 Å². The maximum Gasteiger partial charge on any atom is 0.229 e. The van der Waals surface area contributed by atoms with Crippen molar-refractivity contribution in [1.82, 2.24) is 4.90 Å². The second kappa shape index (κ2) is 6.98. The maximum atomic E-state index is 11.8. The highest BCUT2D eigenvalue weighted by Gasteiger charge is 2.14. The quantitative estimate of drug-likeness (QED) is 0.731. The Labute approximate surface area is 106 Å². The summed E-state index contributed by atoms with van der Waals surface area (Å²) in [7, 11) is 0. The molecule has 0 radical (unpaired) electrons. The van der Waals surface area contributed by atoms with E-state index in [0.717, 1.165) is 5.56 Å². The van der Waals surface area contributed by atoms with E-state index in [1.165, 1.54) is 0 Å². The Hall–Kier alpha value is -1.46. The third-order valence-electron chi connectivity index (χ3n) is 2.26. The van der Waals surface area contributed by atoms with Crippen LogP contribution in [0.15, 0.2) is 30.3 Å². The summed E-state index contributed by atoms with van der Waals surface area (Å²) in [6.07, 6.45) is 0.0438. The lowest BCUT2D eigenvalue weighted by Gasteiger charge is -2.21. The smallest absolute Gasteiger partial charge is 0.229 e. The van der Waals surface area contributed by atoms with E-state index in [2.05, 4.69) is 0 Å². The first-order valence-corrected chi connectivity index (χ1v) is 5.75. The second-order valence-electron chi connectivity index (χ2n) is 3.67. The Balaban J connectivity index is 2.66. The first kappa shape index (κ1) is 13.6. The number of rotatable bonds is 6. The van der Waals surface area contributed by atoms with Crippen molar-refractivity contribution in [2.45, 2.75) is 13.0 Å². The molecule has 0 aliphatic rings. The molecule has 0 fully saturated rings. The van der Waals surface area contributed by atoms with Crippen LogP contribution in [0.3, 0.4) is 0 Å². The van der Waals surface area contributed by atoms with Crippen molar-refractivity contribution < 1.29 is 9.90 Å². The van der Waals surface area contributed by atoms with E-state index < -0.39 is 0 Å². The van der Waals surface area contributed by atoms with Gasteiger partial charge in [-0.25, -0.2) is 0 Å². The molecule has 3 N–H and O–H groups in total. The number of aliphatic hydroxyl groups is 1. The molecule has 92 valence electrons. The molecular formula is C12H16N2O2S. The van der Waals surface area contributed by atoms with E-state index in [-0.39, 0.29) is 30.5 Å². The van der Waals surface area contributed by atoms with Crippen molar-refractivity contribution >= 4 is 23.1 Å². The van der Waals surface area contributed by atoms with E-state index in [1.54, 1.807) is 4.90 Å². The fourth-order valence-electron chi connectivity index (χ4n) is 1.48.